The smallest absolute Gasteiger partial charge is 0.242 e. The minimum atomic E-state index is -3.49. The molecule has 0 unspecified atom stereocenters. The molecule has 2 saturated carbocycles. The van der Waals surface area contributed by atoms with Crippen molar-refractivity contribution in [1.29, 1.82) is 0 Å². The van der Waals surface area contributed by atoms with E-state index in [0.29, 0.717) is 31.0 Å². The van der Waals surface area contributed by atoms with Crippen LogP contribution in [0.1, 0.15) is 77.2 Å². The van der Waals surface area contributed by atoms with Gasteiger partial charge >= 0.3 is 0 Å². The van der Waals surface area contributed by atoms with Crippen LogP contribution in [-0.4, -0.2) is 34.4 Å². The Bertz CT molecular complexity index is 1050. The van der Waals surface area contributed by atoms with E-state index in [1.165, 1.54) is 0 Å². The number of aromatic nitrogens is 3. The number of pyridine rings is 1. The summed E-state index contributed by atoms with van der Waals surface area (Å²) in [5.41, 5.74) is 1.75. The van der Waals surface area contributed by atoms with Crippen molar-refractivity contribution in [3.8, 4) is 5.75 Å². The van der Waals surface area contributed by atoms with Gasteiger partial charge in [0.1, 0.15) is 5.75 Å². The zero-order chi connectivity index (χ0) is 21.6. The van der Waals surface area contributed by atoms with Crippen LogP contribution in [0, 0.1) is 5.41 Å². The van der Waals surface area contributed by atoms with E-state index in [1.807, 2.05) is 18.3 Å². The van der Waals surface area contributed by atoms with Gasteiger partial charge in [0, 0.05) is 23.2 Å². The van der Waals surface area contributed by atoms with E-state index in [4.69, 9.17) is 4.74 Å². The molecule has 2 fully saturated rings. The van der Waals surface area contributed by atoms with Gasteiger partial charge in [0.25, 0.3) is 0 Å². The lowest BCUT2D eigenvalue weighted by molar-refractivity contribution is 0.134. The molecule has 0 radical (unpaired) electrons. The molecule has 0 atom stereocenters. The largest absolute Gasteiger partial charge is 0.493 e. The molecular formula is C22H32N4O3S. The SMILES string of the molecule is C=CCC(CC)(CC)COc1cc2nnc(NS(=O)(=O)C3(C)CC3)n2cc1C1CC1. The number of hydrogen-bond donors (Lipinski definition) is 1. The molecule has 8 heteroatoms. The predicted octanol–water partition coefficient (Wildman–Crippen LogP) is 4.66. The summed E-state index contributed by atoms with van der Waals surface area (Å²) in [5.74, 6) is 1.51. The number of fused-ring (bicyclic) bond motifs is 1. The molecule has 2 aliphatic carbocycles. The number of ether oxygens (including phenoxy) is 1. The van der Waals surface area contributed by atoms with Gasteiger partial charge < -0.3 is 4.74 Å². The Hall–Kier alpha value is -2.09. The zero-order valence-electron chi connectivity index (χ0n) is 18.1. The van der Waals surface area contributed by atoms with Crippen molar-refractivity contribution in [3.63, 3.8) is 0 Å². The molecule has 0 bridgehead atoms. The first-order valence-corrected chi connectivity index (χ1v) is 12.4. The number of allylic oxidation sites excluding steroid dienone is 1. The molecule has 164 valence electrons. The fourth-order valence-electron chi connectivity index (χ4n) is 3.85. The predicted molar refractivity (Wildman–Crippen MR) is 118 cm³/mol. The average Bonchev–Trinajstić information content (AvgIpc) is 3.65. The molecule has 0 spiro atoms. The van der Waals surface area contributed by atoms with Crippen molar-refractivity contribution in [2.24, 2.45) is 5.41 Å². The summed E-state index contributed by atoms with van der Waals surface area (Å²) in [4.78, 5) is 0. The van der Waals surface area contributed by atoms with Crippen molar-refractivity contribution in [3.05, 3.63) is 30.5 Å². The molecule has 1 N–H and O–H groups in total. The minimum Gasteiger partial charge on any atom is -0.493 e. The molecule has 2 heterocycles. The topological polar surface area (TPSA) is 85.6 Å². The fourth-order valence-corrected chi connectivity index (χ4v) is 5.12. The van der Waals surface area contributed by atoms with E-state index in [-0.39, 0.29) is 11.4 Å². The third kappa shape index (κ3) is 3.82. The lowest BCUT2D eigenvalue weighted by Gasteiger charge is -2.30. The number of nitrogens with zero attached hydrogens (tertiary/aromatic N) is 3. The lowest BCUT2D eigenvalue weighted by atomic mass is 9.80. The van der Waals surface area contributed by atoms with E-state index in [1.54, 1.807) is 11.3 Å². The highest BCUT2D eigenvalue weighted by Gasteiger charge is 2.50. The van der Waals surface area contributed by atoms with Crippen LogP contribution >= 0.6 is 0 Å². The first-order valence-electron chi connectivity index (χ1n) is 10.9. The van der Waals surface area contributed by atoms with Gasteiger partial charge in [0.2, 0.25) is 16.0 Å². The Kier molecular flexibility index (Phi) is 5.33. The standard InChI is InChI=1S/C22H32N4O3S/c1-5-10-22(6-2,7-3)15-29-18-13-19-23-24-20(25-30(27,28)21(4)11-12-21)26(19)14-17(18)16-8-9-16/h5,13-14,16H,1,6-12,15H2,2-4H3,(H,24,25). The van der Waals surface area contributed by atoms with Crippen molar-refractivity contribution in [1.82, 2.24) is 14.6 Å². The molecule has 0 aromatic carbocycles. The van der Waals surface area contributed by atoms with Gasteiger partial charge in [-0.1, -0.05) is 19.9 Å². The Morgan fingerprint density at radius 3 is 2.60 bits per heavy atom. The average molecular weight is 433 g/mol. The molecule has 2 aromatic heterocycles. The second-order valence-electron chi connectivity index (χ2n) is 9.16. The van der Waals surface area contributed by atoms with Crippen LogP contribution < -0.4 is 9.46 Å². The highest BCUT2D eigenvalue weighted by atomic mass is 32.2. The van der Waals surface area contributed by atoms with Crippen LogP contribution in [0.5, 0.6) is 5.75 Å². The minimum absolute atomic E-state index is 0.0723. The molecule has 30 heavy (non-hydrogen) atoms. The maximum absolute atomic E-state index is 12.6. The number of rotatable bonds is 11. The quantitative estimate of drug-likeness (QED) is 0.522. The summed E-state index contributed by atoms with van der Waals surface area (Å²) in [7, 11) is -3.49. The Morgan fingerprint density at radius 2 is 2.03 bits per heavy atom. The molecule has 7 nitrogen and oxygen atoms in total. The Balaban J connectivity index is 1.64. The van der Waals surface area contributed by atoms with Crippen LogP contribution in [0.3, 0.4) is 0 Å². The highest BCUT2D eigenvalue weighted by molar-refractivity contribution is 7.94. The first kappa shape index (κ1) is 21.2. The van der Waals surface area contributed by atoms with Crippen LogP contribution in [0.2, 0.25) is 0 Å². The maximum Gasteiger partial charge on any atom is 0.242 e. The van der Waals surface area contributed by atoms with E-state index in [0.717, 1.165) is 43.4 Å². The van der Waals surface area contributed by atoms with Gasteiger partial charge in [-0.15, -0.1) is 16.8 Å². The zero-order valence-corrected chi connectivity index (χ0v) is 19.0. The van der Waals surface area contributed by atoms with Gasteiger partial charge in [0.15, 0.2) is 5.65 Å². The van der Waals surface area contributed by atoms with Crippen LogP contribution in [-0.2, 0) is 10.0 Å². The van der Waals surface area contributed by atoms with Crippen molar-refractivity contribution in [2.45, 2.75) is 76.4 Å². The number of sulfonamides is 1. The van der Waals surface area contributed by atoms with Crippen molar-refractivity contribution in [2.75, 3.05) is 11.3 Å². The van der Waals surface area contributed by atoms with Gasteiger partial charge in [-0.25, -0.2) is 8.42 Å². The molecule has 4 rings (SSSR count). The van der Waals surface area contributed by atoms with Gasteiger partial charge in [-0.05, 0) is 57.8 Å². The Morgan fingerprint density at radius 1 is 1.33 bits per heavy atom. The monoisotopic (exact) mass is 432 g/mol. The van der Waals surface area contributed by atoms with E-state index >= 15 is 0 Å². The van der Waals surface area contributed by atoms with Gasteiger partial charge in [0.05, 0.1) is 11.4 Å². The first-order chi connectivity index (χ1) is 14.3. The molecule has 0 saturated heterocycles. The lowest BCUT2D eigenvalue weighted by Crippen LogP contribution is -2.27. The van der Waals surface area contributed by atoms with Crippen molar-refractivity contribution < 1.29 is 13.2 Å². The summed E-state index contributed by atoms with van der Waals surface area (Å²) >= 11 is 0. The highest BCUT2D eigenvalue weighted by Crippen LogP contribution is 2.46. The molecular weight excluding hydrogens is 400 g/mol. The third-order valence-corrected chi connectivity index (χ3v) is 9.15. The van der Waals surface area contributed by atoms with Crippen LogP contribution in [0.15, 0.2) is 24.9 Å². The number of nitrogens with one attached hydrogen (secondary N) is 1. The maximum atomic E-state index is 12.6. The molecule has 0 amide bonds. The summed E-state index contributed by atoms with van der Waals surface area (Å²) in [6.45, 7) is 10.7. The number of anilines is 1. The molecule has 0 aliphatic heterocycles. The normalized spacial score (nSPS) is 18.4. The van der Waals surface area contributed by atoms with E-state index < -0.39 is 14.8 Å². The fraction of sp³-hybridized carbons (Fsp3) is 0.636. The van der Waals surface area contributed by atoms with Crippen LogP contribution in [0.25, 0.3) is 5.65 Å². The second-order valence-corrected chi connectivity index (χ2v) is 11.4. The second kappa shape index (κ2) is 7.55. The third-order valence-electron chi connectivity index (χ3n) is 6.99. The van der Waals surface area contributed by atoms with E-state index in [2.05, 4.69) is 35.3 Å². The summed E-state index contributed by atoms with van der Waals surface area (Å²) in [5, 5.41) is 8.31. The van der Waals surface area contributed by atoms with Gasteiger partial charge in [-0.2, -0.15) is 0 Å². The molecule has 2 aliphatic rings. The number of hydrogen-bond acceptors (Lipinski definition) is 5. The van der Waals surface area contributed by atoms with Crippen molar-refractivity contribution >= 4 is 21.6 Å². The summed E-state index contributed by atoms with van der Waals surface area (Å²) < 4.78 is 35.3. The Labute approximate surface area is 179 Å². The van der Waals surface area contributed by atoms with E-state index in [9.17, 15) is 8.42 Å². The van der Waals surface area contributed by atoms with Crippen LogP contribution in [0.4, 0.5) is 5.95 Å². The molecule has 2 aromatic rings. The summed E-state index contributed by atoms with van der Waals surface area (Å²) in [6, 6.07) is 1.89. The van der Waals surface area contributed by atoms with Gasteiger partial charge in [-0.3, -0.25) is 9.12 Å². The summed E-state index contributed by atoms with van der Waals surface area (Å²) in [6.07, 6.45) is 10.4.